The van der Waals surface area contributed by atoms with Gasteiger partial charge in [-0.05, 0) is 37.6 Å². The van der Waals surface area contributed by atoms with Crippen molar-refractivity contribution in [3.8, 4) is 11.5 Å². The van der Waals surface area contributed by atoms with Crippen LogP contribution in [0.1, 0.15) is 20.3 Å². The lowest BCUT2D eigenvalue weighted by Crippen LogP contribution is -2.43. The fourth-order valence-electron chi connectivity index (χ4n) is 1.63. The number of carbonyl (C=O) groups is 2. The van der Waals surface area contributed by atoms with E-state index in [-0.39, 0.29) is 17.0 Å². The van der Waals surface area contributed by atoms with Gasteiger partial charge in [-0.1, -0.05) is 30.3 Å². The van der Waals surface area contributed by atoms with Gasteiger partial charge in [-0.2, -0.15) is 0 Å². The van der Waals surface area contributed by atoms with Crippen LogP contribution in [0.2, 0.25) is 5.02 Å². The van der Waals surface area contributed by atoms with Gasteiger partial charge in [-0.15, -0.1) is 10.2 Å². The van der Waals surface area contributed by atoms with Gasteiger partial charge in [0.05, 0.1) is 5.75 Å². The van der Waals surface area contributed by atoms with Gasteiger partial charge in [0.1, 0.15) is 0 Å². The number of aromatic nitrogens is 2. The van der Waals surface area contributed by atoms with Crippen LogP contribution in [-0.2, 0) is 4.79 Å². The van der Waals surface area contributed by atoms with Crippen LogP contribution >= 0.6 is 23.4 Å². The minimum atomic E-state index is -0.512. The molecule has 0 aliphatic carbocycles. The Morgan fingerprint density at radius 2 is 2.00 bits per heavy atom. The van der Waals surface area contributed by atoms with E-state index in [0.29, 0.717) is 10.9 Å². The second-order valence-corrected chi connectivity index (χ2v) is 6.36. The zero-order valence-corrected chi connectivity index (χ0v) is 14.8. The van der Waals surface area contributed by atoms with Crippen molar-refractivity contribution < 1.29 is 14.0 Å². The Bertz CT molecular complexity index is 705. The Hall–Kier alpha value is -2.06. The van der Waals surface area contributed by atoms with Crippen LogP contribution in [0.5, 0.6) is 0 Å². The summed E-state index contributed by atoms with van der Waals surface area (Å²) >= 11 is 6.88. The fourth-order valence-corrected chi connectivity index (χ4v) is 2.32. The maximum atomic E-state index is 11.7. The topological polar surface area (TPSA) is 97.1 Å². The molecule has 128 valence electrons. The molecule has 2 rings (SSSR count). The van der Waals surface area contributed by atoms with Gasteiger partial charge in [0, 0.05) is 16.6 Å². The number of nitrogens with zero attached hydrogens (tertiary/aromatic N) is 2. The molecule has 1 heterocycles. The summed E-state index contributed by atoms with van der Waals surface area (Å²) in [4.78, 5) is 23.2. The van der Waals surface area contributed by atoms with E-state index in [4.69, 9.17) is 16.0 Å². The number of benzene rings is 1. The van der Waals surface area contributed by atoms with Crippen LogP contribution < -0.4 is 10.6 Å². The molecule has 2 aromatic rings. The monoisotopic (exact) mass is 368 g/mol. The van der Waals surface area contributed by atoms with Crippen LogP contribution in [-0.4, -0.2) is 33.9 Å². The highest BCUT2D eigenvalue weighted by Gasteiger charge is 2.13. The summed E-state index contributed by atoms with van der Waals surface area (Å²) in [5.74, 6) is -0.105. The third kappa shape index (κ3) is 5.54. The third-order valence-corrected chi connectivity index (χ3v) is 4.14. The second kappa shape index (κ2) is 8.70. The Labute approximate surface area is 148 Å². The van der Waals surface area contributed by atoms with E-state index in [1.54, 1.807) is 24.3 Å². The number of urea groups is 1. The van der Waals surface area contributed by atoms with E-state index >= 15 is 0 Å². The fraction of sp³-hybridized carbons (Fsp3) is 0.333. The first-order valence-electron chi connectivity index (χ1n) is 7.30. The van der Waals surface area contributed by atoms with Gasteiger partial charge < -0.3 is 9.73 Å². The summed E-state index contributed by atoms with van der Waals surface area (Å²) in [6.45, 7) is 3.80. The zero-order valence-electron chi connectivity index (χ0n) is 13.2. The molecule has 24 heavy (non-hydrogen) atoms. The number of nitrogens with one attached hydrogen (secondary N) is 2. The average molecular weight is 369 g/mol. The number of hydrogen-bond donors (Lipinski definition) is 2. The molecule has 0 fully saturated rings. The van der Waals surface area contributed by atoms with Crippen LogP contribution in [0.3, 0.4) is 0 Å². The molecule has 1 atom stereocenters. The molecule has 1 aromatic heterocycles. The number of halogens is 1. The van der Waals surface area contributed by atoms with Gasteiger partial charge in [-0.25, -0.2) is 4.79 Å². The second-order valence-electron chi connectivity index (χ2n) is 5.00. The summed E-state index contributed by atoms with van der Waals surface area (Å²) < 4.78 is 5.46. The number of imide groups is 1. The molecular formula is C15H17ClN4O3S. The minimum absolute atomic E-state index is 0.00308. The number of rotatable bonds is 6. The summed E-state index contributed by atoms with van der Waals surface area (Å²) in [5, 5.41) is 13.5. The summed E-state index contributed by atoms with van der Waals surface area (Å²) in [7, 11) is 0. The maximum absolute atomic E-state index is 11.7. The van der Waals surface area contributed by atoms with Gasteiger partial charge in [-0.3, -0.25) is 10.1 Å². The normalized spacial score (nSPS) is 11.8. The SMILES string of the molecule is CC[C@H](C)NC(=O)NC(=O)CSc1nnc(-c2ccc(Cl)cc2)o1. The van der Waals surface area contributed by atoms with E-state index in [0.717, 1.165) is 23.7 Å². The number of hydrogen-bond acceptors (Lipinski definition) is 6. The highest BCUT2D eigenvalue weighted by Crippen LogP contribution is 2.24. The molecule has 2 N–H and O–H groups in total. The van der Waals surface area contributed by atoms with Crippen molar-refractivity contribution in [1.29, 1.82) is 0 Å². The molecule has 3 amide bonds. The maximum Gasteiger partial charge on any atom is 0.321 e. The molecule has 0 bridgehead atoms. The molecule has 0 aliphatic rings. The Morgan fingerprint density at radius 1 is 1.29 bits per heavy atom. The van der Waals surface area contributed by atoms with Gasteiger partial charge in [0.15, 0.2) is 0 Å². The first-order chi connectivity index (χ1) is 11.5. The highest BCUT2D eigenvalue weighted by atomic mass is 35.5. The van der Waals surface area contributed by atoms with Crippen molar-refractivity contribution in [3.63, 3.8) is 0 Å². The molecule has 9 heteroatoms. The lowest BCUT2D eigenvalue weighted by Gasteiger charge is -2.11. The number of amides is 3. The van der Waals surface area contributed by atoms with Crippen LogP contribution in [0.25, 0.3) is 11.5 Å². The van der Waals surface area contributed by atoms with Gasteiger partial charge >= 0.3 is 6.03 Å². The molecule has 0 radical (unpaired) electrons. The predicted octanol–water partition coefficient (Wildman–Crippen LogP) is 3.11. The van der Waals surface area contributed by atoms with E-state index in [1.807, 2.05) is 13.8 Å². The van der Waals surface area contributed by atoms with Crippen LogP contribution in [0.15, 0.2) is 33.9 Å². The summed E-state index contributed by atoms with van der Waals surface area (Å²) in [6, 6.07) is 6.45. The lowest BCUT2D eigenvalue weighted by atomic mass is 10.2. The smallest absolute Gasteiger partial charge is 0.321 e. The van der Waals surface area contributed by atoms with E-state index in [2.05, 4.69) is 20.8 Å². The molecule has 0 saturated carbocycles. The third-order valence-electron chi connectivity index (χ3n) is 3.07. The molecule has 0 spiro atoms. The minimum Gasteiger partial charge on any atom is -0.411 e. The Balaban J connectivity index is 1.83. The molecule has 0 saturated heterocycles. The Morgan fingerprint density at radius 3 is 2.67 bits per heavy atom. The summed E-state index contributed by atoms with van der Waals surface area (Å²) in [5.41, 5.74) is 0.733. The number of carbonyl (C=O) groups excluding carboxylic acids is 2. The van der Waals surface area contributed by atoms with Crippen molar-refractivity contribution in [3.05, 3.63) is 29.3 Å². The standard InChI is InChI=1S/C15H17ClN4O3S/c1-3-9(2)17-14(22)18-12(21)8-24-15-20-19-13(23-15)10-4-6-11(16)7-5-10/h4-7,9H,3,8H2,1-2H3,(H2,17,18,21,22)/t9-/m0/s1. The summed E-state index contributed by atoms with van der Waals surface area (Å²) in [6.07, 6.45) is 0.784. The molecular weight excluding hydrogens is 352 g/mol. The van der Waals surface area contributed by atoms with Crippen LogP contribution in [0, 0.1) is 0 Å². The lowest BCUT2D eigenvalue weighted by molar-refractivity contribution is -0.117. The van der Waals surface area contributed by atoms with Crippen molar-refractivity contribution in [2.24, 2.45) is 0 Å². The van der Waals surface area contributed by atoms with E-state index < -0.39 is 11.9 Å². The predicted molar refractivity (Wildman–Crippen MR) is 91.9 cm³/mol. The molecule has 0 unspecified atom stereocenters. The zero-order chi connectivity index (χ0) is 17.5. The number of thioether (sulfide) groups is 1. The van der Waals surface area contributed by atoms with Gasteiger partial charge in [0.25, 0.3) is 5.22 Å². The molecule has 0 aliphatic heterocycles. The Kier molecular flexibility index (Phi) is 6.62. The van der Waals surface area contributed by atoms with E-state index in [9.17, 15) is 9.59 Å². The van der Waals surface area contributed by atoms with Gasteiger partial charge in [0.2, 0.25) is 11.8 Å². The molecule has 7 nitrogen and oxygen atoms in total. The van der Waals surface area contributed by atoms with Crippen molar-refractivity contribution >= 4 is 35.3 Å². The quantitative estimate of drug-likeness (QED) is 0.760. The molecule has 1 aromatic carbocycles. The first-order valence-corrected chi connectivity index (χ1v) is 8.67. The van der Waals surface area contributed by atoms with Crippen molar-refractivity contribution in [2.45, 2.75) is 31.5 Å². The largest absolute Gasteiger partial charge is 0.411 e. The van der Waals surface area contributed by atoms with Crippen molar-refractivity contribution in [1.82, 2.24) is 20.8 Å². The van der Waals surface area contributed by atoms with E-state index in [1.165, 1.54) is 0 Å². The van der Waals surface area contributed by atoms with Crippen molar-refractivity contribution in [2.75, 3.05) is 5.75 Å². The first kappa shape index (κ1) is 18.3. The average Bonchev–Trinajstić information content (AvgIpc) is 3.02. The highest BCUT2D eigenvalue weighted by molar-refractivity contribution is 7.99. The van der Waals surface area contributed by atoms with Crippen LogP contribution in [0.4, 0.5) is 4.79 Å².